The Morgan fingerprint density at radius 2 is 1.87 bits per heavy atom. The molecule has 0 bridgehead atoms. The summed E-state index contributed by atoms with van der Waals surface area (Å²) in [6.45, 7) is 7.72. The van der Waals surface area contributed by atoms with Crippen molar-refractivity contribution in [2.24, 2.45) is 0 Å². The Morgan fingerprint density at radius 3 is 2.20 bits per heavy atom. The van der Waals surface area contributed by atoms with E-state index in [4.69, 9.17) is 14.6 Å². The van der Waals surface area contributed by atoms with Crippen LogP contribution in [-0.2, 0) is 14.3 Å². The summed E-state index contributed by atoms with van der Waals surface area (Å²) in [5, 5.41) is 9.14. The lowest BCUT2D eigenvalue weighted by molar-refractivity contribution is -0.187. The molecule has 90 valence electrons. The number of rotatable bonds is 7. The predicted octanol–water partition coefficient (Wildman–Crippen LogP) is 2.07. The molecule has 4 heteroatoms. The normalized spacial score (nSPS) is 16.1. The summed E-state index contributed by atoms with van der Waals surface area (Å²) >= 11 is 0. The zero-order valence-electron chi connectivity index (χ0n) is 10.3. The van der Waals surface area contributed by atoms with Gasteiger partial charge in [0.25, 0.3) is 0 Å². The van der Waals surface area contributed by atoms with Crippen LogP contribution in [0.4, 0.5) is 0 Å². The molecule has 0 aliphatic carbocycles. The van der Waals surface area contributed by atoms with Crippen molar-refractivity contribution >= 4 is 5.97 Å². The zero-order chi connectivity index (χ0) is 12.1. The molecule has 0 rings (SSSR count). The van der Waals surface area contributed by atoms with E-state index in [-0.39, 0.29) is 0 Å². The second kappa shape index (κ2) is 5.47. The number of hydrogen-bond donors (Lipinski definition) is 1. The first-order chi connectivity index (χ1) is 6.77. The highest BCUT2D eigenvalue weighted by Crippen LogP contribution is 2.26. The molecular formula is C11H22O4. The summed E-state index contributed by atoms with van der Waals surface area (Å²) < 4.78 is 10.6. The quantitative estimate of drug-likeness (QED) is 0.710. The standard InChI is InChI=1S/C11H22O4/c1-6-10(2,3)15-11(4,9(12)13)7-8-14-5/h6-8H2,1-5H3,(H,12,13). The van der Waals surface area contributed by atoms with E-state index in [1.165, 1.54) is 0 Å². The van der Waals surface area contributed by atoms with Gasteiger partial charge in [0.1, 0.15) is 0 Å². The minimum Gasteiger partial charge on any atom is -0.479 e. The van der Waals surface area contributed by atoms with Gasteiger partial charge >= 0.3 is 5.97 Å². The lowest BCUT2D eigenvalue weighted by Crippen LogP contribution is -2.45. The number of aliphatic carboxylic acids is 1. The van der Waals surface area contributed by atoms with Crippen LogP contribution in [0, 0.1) is 0 Å². The lowest BCUT2D eigenvalue weighted by atomic mass is 9.99. The van der Waals surface area contributed by atoms with E-state index in [9.17, 15) is 4.79 Å². The maximum atomic E-state index is 11.1. The fourth-order valence-electron chi connectivity index (χ4n) is 1.18. The van der Waals surface area contributed by atoms with Crippen LogP contribution >= 0.6 is 0 Å². The van der Waals surface area contributed by atoms with Gasteiger partial charge < -0.3 is 14.6 Å². The minimum atomic E-state index is -1.17. The molecule has 0 aromatic heterocycles. The highest BCUT2D eigenvalue weighted by molar-refractivity contribution is 5.76. The van der Waals surface area contributed by atoms with Gasteiger partial charge in [-0.25, -0.2) is 4.79 Å². The van der Waals surface area contributed by atoms with Crippen molar-refractivity contribution in [3.05, 3.63) is 0 Å². The predicted molar refractivity (Wildman–Crippen MR) is 58.0 cm³/mol. The molecule has 0 fully saturated rings. The van der Waals surface area contributed by atoms with Gasteiger partial charge in [0.05, 0.1) is 5.60 Å². The van der Waals surface area contributed by atoms with Crippen molar-refractivity contribution in [2.75, 3.05) is 13.7 Å². The number of hydrogen-bond acceptors (Lipinski definition) is 3. The summed E-state index contributed by atoms with van der Waals surface area (Å²) in [6, 6.07) is 0. The number of carboxylic acid groups (broad SMARTS) is 1. The van der Waals surface area contributed by atoms with Gasteiger partial charge in [-0.3, -0.25) is 0 Å². The Balaban J connectivity index is 4.58. The first-order valence-electron chi connectivity index (χ1n) is 5.20. The number of carboxylic acids is 1. The number of carbonyl (C=O) groups is 1. The molecule has 0 radical (unpaired) electrons. The van der Waals surface area contributed by atoms with E-state index in [2.05, 4.69) is 0 Å². The first kappa shape index (κ1) is 14.4. The second-order valence-electron chi connectivity index (χ2n) is 4.49. The van der Waals surface area contributed by atoms with E-state index < -0.39 is 17.2 Å². The molecular weight excluding hydrogens is 196 g/mol. The zero-order valence-corrected chi connectivity index (χ0v) is 10.3. The maximum absolute atomic E-state index is 11.1. The molecule has 0 aromatic rings. The van der Waals surface area contributed by atoms with Crippen molar-refractivity contribution in [3.8, 4) is 0 Å². The van der Waals surface area contributed by atoms with E-state index in [1.54, 1.807) is 14.0 Å². The van der Waals surface area contributed by atoms with E-state index in [0.717, 1.165) is 6.42 Å². The highest BCUT2D eigenvalue weighted by atomic mass is 16.5. The molecule has 0 heterocycles. The van der Waals surface area contributed by atoms with Crippen LogP contribution in [0.1, 0.15) is 40.5 Å². The van der Waals surface area contributed by atoms with E-state index in [0.29, 0.717) is 13.0 Å². The summed E-state index contributed by atoms with van der Waals surface area (Å²) in [5.74, 6) is -0.943. The largest absolute Gasteiger partial charge is 0.479 e. The van der Waals surface area contributed by atoms with Crippen molar-refractivity contribution in [3.63, 3.8) is 0 Å². The molecule has 0 spiro atoms. The maximum Gasteiger partial charge on any atom is 0.335 e. The third-order valence-electron chi connectivity index (χ3n) is 2.59. The average molecular weight is 218 g/mol. The summed E-state index contributed by atoms with van der Waals surface area (Å²) in [6.07, 6.45) is 1.12. The monoisotopic (exact) mass is 218 g/mol. The third kappa shape index (κ3) is 4.62. The summed E-state index contributed by atoms with van der Waals surface area (Å²) in [5.41, 5.74) is -1.60. The molecule has 0 aromatic carbocycles. The Morgan fingerprint density at radius 1 is 1.33 bits per heavy atom. The van der Waals surface area contributed by atoms with Crippen LogP contribution in [0.15, 0.2) is 0 Å². The van der Waals surface area contributed by atoms with Gasteiger partial charge in [0.2, 0.25) is 0 Å². The van der Waals surface area contributed by atoms with Crippen LogP contribution in [0.2, 0.25) is 0 Å². The molecule has 0 amide bonds. The minimum absolute atomic E-state index is 0.349. The van der Waals surface area contributed by atoms with Gasteiger partial charge in [0, 0.05) is 20.1 Å². The topological polar surface area (TPSA) is 55.8 Å². The Labute approximate surface area is 91.6 Å². The molecule has 0 aliphatic rings. The lowest BCUT2D eigenvalue weighted by Gasteiger charge is -2.35. The first-order valence-corrected chi connectivity index (χ1v) is 5.20. The number of methoxy groups -OCH3 is 1. The SMILES string of the molecule is CCC(C)(C)OC(C)(CCOC)C(=O)O. The van der Waals surface area contributed by atoms with Crippen LogP contribution in [-0.4, -0.2) is 36.0 Å². The molecule has 0 aliphatic heterocycles. The Kier molecular flexibility index (Phi) is 5.24. The highest BCUT2D eigenvalue weighted by Gasteiger charge is 2.38. The third-order valence-corrected chi connectivity index (χ3v) is 2.59. The van der Waals surface area contributed by atoms with Crippen molar-refractivity contribution in [2.45, 2.75) is 51.7 Å². The van der Waals surface area contributed by atoms with E-state index >= 15 is 0 Å². The molecule has 1 N–H and O–H groups in total. The van der Waals surface area contributed by atoms with Crippen molar-refractivity contribution in [1.29, 1.82) is 0 Å². The molecule has 0 saturated heterocycles. The number of ether oxygens (including phenoxy) is 2. The van der Waals surface area contributed by atoms with Gasteiger partial charge in [-0.1, -0.05) is 6.92 Å². The molecule has 0 saturated carbocycles. The van der Waals surface area contributed by atoms with Gasteiger partial charge in [-0.05, 0) is 27.2 Å². The molecule has 1 atom stereocenters. The molecule has 15 heavy (non-hydrogen) atoms. The van der Waals surface area contributed by atoms with Crippen LogP contribution in [0.3, 0.4) is 0 Å². The molecule has 1 unspecified atom stereocenters. The smallest absolute Gasteiger partial charge is 0.335 e. The summed E-state index contributed by atoms with van der Waals surface area (Å²) in [4.78, 5) is 11.1. The second-order valence-corrected chi connectivity index (χ2v) is 4.49. The van der Waals surface area contributed by atoms with Gasteiger partial charge in [-0.2, -0.15) is 0 Å². The van der Waals surface area contributed by atoms with Crippen molar-refractivity contribution < 1.29 is 19.4 Å². The fraction of sp³-hybridized carbons (Fsp3) is 0.909. The van der Waals surface area contributed by atoms with E-state index in [1.807, 2.05) is 20.8 Å². The average Bonchev–Trinajstić information content (AvgIpc) is 2.14. The molecule has 4 nitrogen and oxygen atoms in total. The van der Waals surface area contributed by atoms with Crippen LogP contribution in [0.5, 0.6) is 0 Å². The Bertz CT molecular complexity index is 213. The Hall–Kier alpha value is -0.610. The van der Waals surface area contributed by atoms with Crippen LogP contribution in [0.25, 0.3) is 0 Å². The van der Waals surface area contributed by atoms with Gasteiger partial charge in [-0.15, -0.1) is 0 Å². The fourth-order valence-corrected chi connectivity index (χ4v) is 1.18. The van der Waals surface area contributed by atoms with Gasteiger partial charge in [0.15, 0.2) is 5.60 Å². The van der Waals surface area contributed by atoms with Crippen LogP contribution < -0.4 is 0 Å². The van der Waals surface area contributed by atoms with Crippen molar-refractivity contribution in [1.82, 2.24) is 0 Å². The summed E-state index contributed by atoms with van der Waals surface area (Å²) in [7, 11) is 1.55.